The summed E-state index contributed by atoms with van der Waals surface area (Å²) in [6, 6.07) is 15.1. The van der Waals surface area contributed by atoms with Gasteiger partial charge in [0.15, 0.2) is 0 Å². The molecule has 0 saturated carbocycles. The molecule has 0 radical (unpaired) electrons. The smallest absolute Gasteiger partial charge is 0.207 e. The molecule has 1 fully saturated rings. The Bertz CT molecular complexity index is 1040. The van der Waals surface area contributed by atoms with Gasteiger partial charge >= 0.3 is 0 Å². The summed E-state index contributed by atoms with van der Waals surface area (Å²) in [4.78, 5) is 0.122. The minimum absolute atomic E-state index is 0.0333. The minimum atomic E-state index is -3.64. The second kappa shape index (κ2) is 8.06. The summed E-state index contributed by atoms with van der Waals surface area (Å²) in [6.45, 7) is 0.839. The summed E-state index contributed by atoms with van der Waals surface area (Å²) in [7, 11) is -3.64. The van der Waals surface area contributed by atoms with Gasteiger partial charge in [-0.3, -0.25) is 0 Å². The van der Waals surface area contributed by atoms with E-state index in [4.69, 9.17) is 0 Å². The van der Waals surface area contributed by atoms with Gasteiger partial charge in [0.05, 0.1) is 4.90 Å². The van der Waals surface area contributed by atoms with Gasteiger partial charge in [-0.05, 0) is 42.7 Å². The van der Waals surface area contributed by atoms with Crippen molar-refractivity contribution in [1.29, 1.82) is 0 Å². The van der Waals surface area contributed by atoms with Crippen molar-refractivity contribution in [3.63, 3.8) is 0 Å². The van der Waals surface area contributed by atoms with Gasteiger partial charge in [0.2, 0.25) is 10.0 Å². The van der Waals surface area contributed by atoms with Crippen LogP contribution >= 0.6 is 11.3 Å². The molecule has 1 aromatic heterocycles. The second-order valence-electron chi connectivity index (χ2n) is 6.85. The predicted octanol–water partition coefficient (Wildman–Crippen LogP) is 3.84. The van der Waals surface area contributed by atoms with Gasteiger partial charge in [-0.15, -0.1) is 21.5 Å². The highest BCUT2D eigenvalue weighted by atomic mass is 32.2. The molecule has 0 amide bonds. The Hall–Kier alpha value is -2.16. The Balaban J connectivity index is 1.49. The molecular formula is C20H20FN3O2S2. The molecule has 3 aromatic rings. The first-order valence-corrected chi connectivity index (χ1v) is 11.4. The van der Waals surface area contributed by atoms with Crippen LogP contribution in [-0.4, -0.2) is 36.0 Å². The average Bonchev–Trinajstić information content (AvgIpc) is 3.18. The molecule has 4 rings (SSSR count). The Morgan fingerprint density at radius 3 is 2.57 bits per heavy atom. The molecule has 2 aromatic carbocycles. The average molecular weight is 418 g/mol. The van der Waals surface area contributed by atoms with Crippen LogP contribution in [-0.2, 0) is 16.4 Å². The van der Waals surface area contributed by atoms with E-state index < -0.39 is 15.8 Å². The monoisotopic (exact) mass is 417 g/mol. The molecule has 1 saturated heterocycles. The van der Waals surface area contributed by atoms with E-state index in [1.807, 2.05) is 18.2 Å². The lowest BCUT2D eigenvalue weighted by molar-refractivity contribution is 0.314. The van der Waals surface area contributed by atoms with E-state index in [-0.39, 0.29) is 10.8 Å². The maximum atomic E-state index is 13.1. The van der Waals surface area contributed by atoms with Gasteiger partial charge < -0.3 is 0 Å². The van der Waals surface area contributed by atoms with Crippen molar-refractivity contribution in [2.75, 3.05) is 13.1 Å². The topological polar surface area (TPSA) is 63.2 Å². The summed E-state index contributed by atoms with van der Waals surface area (Å²) >= 11 is 1.55. The van der Waals surface area contributed by atoms with E-state index in [1.54, 1.807) is 11.3 Å². The van der Waals surface area contributed by atoms with Crippen LogP contribution in [0.1, 0.15) is 34.3 Å². The minimum Gasteiger partial charge on any atom is -0.207 e. The van der Waals surface area contributed by atoms with Gasteiger partial charge in [0.25, 0.3) is 0 Å². The molecule has 146 valence electrons. The Kier molecular flexibility index (Phi) is 5.52. The van der Waals surface area contributed by atoms with Crippen molar-refractivity contribution >= 4 is 21.4 Å². The quantitative estimate of drug-likeness (QED) is 0.633. The molecule has 2 heterocycles. The number of hydrogen-bond donors (Lipinski definition) is 0. The van der Waals surface area contributed by atoms with Crippen molar-refractivity contribution in [3.05, 3.63) is 76.0 Å². The lowest BCUT2D eigenvalue weighted by atomic mass is 10.0. The fraction of sp³-hybridized carbons (Fsp3) is 0.300. The van der Waals surface area contributed by atoms with Crippen LogP contribution in [0, 0.1) is 5.82 Å². The zero-order chi connectivity index (χ0) is 19.6. The third kappa shape index (κ3) is 4.14. The van der Waals surface area contributed by atoms with Crippen LogP contribution < -0.4 is 0 Å². The second-order valence-corrected chi connectivity index (χ2v) is 9.88. The molecule has 5 nitrogen and oxygen atoms in total. The first-order chi connectivity index (χ1) is 13.5. The Morgan fingerprint density at radius 1 is 1.07 bits per heavy atom. The van der Waals surface area contributed by atoms with Crippen molar-refractivity contribution < 1.29 is 12.8 Å². The van der Waals surface area contributed by atoms with E-state index in [2.05, 4.69) is 22.3 Å². The standard InChI is InChI=1S/C20H20FN3O2S2/c21-17-8-10-18(11-9-17)28(25,26)24-12-4-7-16(14-24)20-23-22-19(27-20)13-15-5-2-1-3-6-15/h1-3,5-6,8-11,16H,4,7,12-14H2/t16-/m0/s1. The van der Waals surface area contributed by atoms with E-state index in [0.717, 1.165) is 29.3 Å². The normalized spacial score (nSPS) is 18.2. The van der Waals surface area contributed by atoms with Gasteiger partial charge in [-0.2, -0.15) is 4.31 Å². The SMILES string of the molecule is O=S(=O)(c1ccc(F)cc1)N1CCC[C@H](c2nnc(Cc3ccccc3)s2)C1. The summed E-state index contributed by atoms with van der Waals surface area (Å²) in [5.41, 5.74) is 1.18. The van der Waals surface area contributed by atoms with Crippen molar-refractivity contribution in [2.45, 2.75) is 30.1 Å². The molecule has 0 N–H and O–H groups in total. The van der Waals surface area contributed by atoms with Crippen LogP contribution in [0.4, 0.5) is 4.39 Å². The maximum Gasteiger partial charge on any atom is 0.243 e. The van der Waals surface area contributed by atoms with Gasteiger partial charge in [0.1, 0.15) is 15.8 Å². The molecule has 8 heteroatoms. The van der Waals surface area contributed by atoms with Crippen LogP contribution in [0.15, 0.2) is 59.5 Å². The van der Waals surface area contributed by atoms with Gasteiger partial charge in [-0.25, -0.2) is 12.8 Å². The number of hydrogen-bond acceptors (Lipinski definition) is 5. The zero-order valence-corrected chi connectivity index (χ0v) is 16.8. The predicted molar refractivity (Wildman–Crippen MR) is 106 cm³/mol. The number of nitrogens with zero attached hydrogens (tertiary/aromatic N) is 3. The Labute approximate surface area is 167 Å². The number of piperidine rings is 1. The highest BCUT2D eigenvalue weighted by molar-refractivity contribution is 7.89. The number of rotatable bonds is 5. The first-order valence-electron chi connectivity index (χ1n) is 9.14. The largest absolute Gasteiger partial charge is 0.243 e. The van der Waals surface area contributed by atoms with Crippen LogP contribution in [0.2, 0.25) is 0 Å². The van der Waals surface area contributed by atoms with Crippen LogP contribution in [0.25, 0.3) is 0 Å². The number of sulfonamides is 1. The van der Waals surface area contributed by atoms with Crippen molar-refractivity contribution in [2.24, 2.45) is 0 Å². The van der Waals surface area contributed by atoms with Crippen LogP contribution in [0.3, 0.4) is 0 Å². The van der Waals surface area contributed by atoms with E-state index in [9.17, 15) is 12.8 Å². The van der Waals surface area contributed by atoms with Gasteiger partial charge in [-0.1, -0.05) is 30.3 Å². The maximum absolute atomic E-state index is 13.1. The Morgan fingerprint density at radius 2 is 1.82 bits per heavy atom. The van der Waals surface area contributed by atoms with Crippen molar-refractivity contribution in [1.82, 2.24) is 14.5 Å². The molecule has 0 unspecified atom stereocenters. The highest BCUT2D eigenvalue weighted by Crippen LogP contribution is 2.32. The summed E-state index contributed by atoms with van der Waals surface area (Å²) in [5, 5.41) is 10.4. The fourth-order valence-corrected chi connectivity index (χ4v) is 5.92. The highest BCUT2D eigenvalue weighted by Gasteiger charge is 2.32. The number of aromatic nitrogens is 2. The van der Waals surface area contributed by atoms with E-state index in [1.165, 1.54) is 34.1 Å². The van der Waals surface area contributed by atoms with Gasteiger partial charge in [0, 0.05) is 25.4 Å². The molecule has 1 atom stereocenters. The number of halogens is 1. The molecule has 0 spiro atoms. The third-order valence-electron chi connectivity index (χ3n) is 4.87. The number of benzene rings is 2. The molecule has 1 aliphatic heterocycles. The fourth-order valence-electron chi connectivity index (χ4n) is 3.39. The third-order valence-corrected chi connectivity index (χ3v) is 7.83. The van der Waals surface area contributed by atoms with E-state index in [0.29, 0.717) is 13.1 Å². The first kappa shape index (κ1) is 19.2. The molecule has 28 heavy (non-hydrogen) atoms. The molecule has 0 aliphatic carbocycles. The van der Waals surface area contributed by atoms with E-state index >= 15 is 0 Å². The molecule has 1 aliphatic rings. The van der Waals surface area contributed by atoms with Crippen molar-refractivity contribution in [3.8, 4) is 0 Å². The summed E-state index contributed by atoms with van der Waals surface area (Å²) < 4.78 is 40.4. The summed E-state index contributed by atoms with van der Waals surface area (Å²) in [6.07, 6.45) is 2.37. The lowest BCUT2D eigenvalue weighted by Crippen LogP contribution is -2.39. The zero-order valence-electron chi connectivity index (χ0n) is 15.2. The van der Waals surface area contributed by atoms with Crippen LogP contribution in [0.5, 0.6) is 0 Å². The summed E-state index contributed by atoms with van der Waals surface area (Å²) in [5.74, 6) is -0.415. The lowest BCUT2D eigenvalue weighted by Gasteiger charge is -2.30. The molecule has 0 bridgehead atoms. The molecular weight excluding hydrogens is 397 g/mol.